The molecule has 0 radical (unpaired) electrons. The van der Waals surface area contributed by atoms with Crippen LogP contribution in [0.15, 0.2) is 0 Å². The highest BCUT2D eigenvalue weighted by Gasteiger charge is 2.74. The molecular weight excluding hydrogens is 378 g/mol. The Morgan fingerprint density at radius 2 is 2.00 bits per heavy atom. The van der Waals surface area contributed by atoms with Crippen molar-refractivity contribution in [1.82, 2.24) is 15.5 Å². The Kier molecular flexibility index (Phi) is 6.01. The summed E-state index contributed by atoms with van der Waals surface area (Å²) in [6.45, 7) is 7.63. The van der Waals surface area contributed by atoms with Gasteiger partial charge in [-0.25, -0.2) is 0 Å². The van der Waals surface area contributed by atoms with E-state index in [0.29, 0.717) is 0 Å². The fraction of sp³-hybridized carbons (Fsp3) is 0.850. The number of amides is 3. The number of hydrogen-bond donors (Lipinski definition) is 3. The first-order valence-electron chi connectivity index (χ1n) is 10.4. The fourth-order valence-electron chi connectivity index (χ4n) is 5.39. The molecule has 3 rings (SSSR count). The lowest BCUT2D eigenvalue weighted by atomic mass is 9.70. The number of carbonyl (C=O) groups excluding carboxylic acids is 3. The van der Waals surface area contributed by atoms with Crippen molar-refractivity contribution in [1.29, 1.82) is 0 Å². The molecule has 1 spiro atoms. The van der Waals surface area contributed by atoms with E-state index in [-0.39, 0.29) is 41.5 Å². The number of aliphatic hydroxyl groups is 1. The summed E-state index contributed by atoms with van der Waals surface area (Å²) >= 11 is 1.65. The molecule has 3 aliphatic heterocycles. The molecule has 7 nitrogen and oxygen atoms in total. The SMILES string of the molecule is CC[C@H](C)[C@H](CO)N1C(=O)[C@@H]2[C@@H](C(=O)NC)[C@H]3CCC2(S3)C1C(=O)NC(C)C. The van der Waals surface area contributed by atoms with Gasteiger partial charge in [0.25, 0.3) is 0 Å². The van der Waals surface area contributed by atoms with Gasteiger partial charge in [-0.1, -0.05) is 20.3 Å². The second-order valence-corrected chi connectivity index (χ2v) is 10.3. The second kappa shape index (κ2) is 7.86. The minimum Gasteiger partial charge on any atom is -0.394 e. The number of nitrogens with one attached hydrogen (secondary N) is 2. The Morgan fingerprint density at radius 1 is 1.32 bits per heavy atom. The molecular formula is C20H33N3O4S. The van der Waals surface area contributed by atoms with Crippen LogP contribution in [0, 0.1) is 17.8 Å². The topological polar surface area (TPSA) is 98.7 Å². The van der Waals surface area contributed by atoms with Crippen LogP contribution < -0.4 is 10.6 Å². The standard InChI is InChI=1S/C20H33N3O4S/c1-6-11(4)12(9-24)23-16(18(26)22-10(2)3)20-8-7-13(28-20)14(17(25)21-5)15(20)19(23)27/h10-16,24H,6-9H2,1-5H3,(H,21,25)(H,22,26)/t11-,12-,13+,14-,15-,16?,20?/m0/s1. The average molecular weight is 412 g/mol. The molecule has 3 saturated heterocycles. The van der Waals surface area contributed by atoms with Gasteiger partial charge in [-0.3, -0.25) is 14.4 Å². The van der Waals surface area contributed by atoms with E-state index in [1.807, 2.05) is 27.7 Å². The normalized spacial score (nSPS) is 35.8. The number of hydrogen-bond acceptors (Lipinski definition) is 5. The predicted octanol–water partition coefficient (Wildman–Crippen LogP) is 0.755. The summed E-state index contributed by atoms with van der Waals surface area (Å²) in [4.78, 5) is 41.3. The largest absolute Gasteiger partial charge is 0.394 e. The molecule has 0 aromatic carbocycles. The second-order valence-electron chi connectivity index (χ2n) is 8.71. The third-order valence-corrected chi connectivity index (χ3v) is 8.76. The summed E-state index contributed by atoms with van der Waals surface area (Å²) in [6, 6.07) is -1.12. The van der Waals surface area contributed by atoms with Crippen LogP contribution in [0.3, 0.4) is 0 Å². The smallest absolute Gasteiger partial charge is 0.244 e. The number of rotatable bonds is 7. The van der Waals surface area contributed by atoms with Crippen LogP contribution in [0.4, 0.5) is 0 Å². The summed E-state index contributed by atoms with van der Waals surface area (Å²) in [5, 5.41) is 15.9. The van der Waals surface area contributed by atoms with E-state index in [0.717, 1.165) is 19.3 Å². The number of aliphatic hydroxyl groups excluding tert-OH is 1. The molecule has 3 N–H and O–H groups in total. The maximum absolute atomic E-state index is 13.7. The van der Waals surface area contributed by atoms with Crippen LogP contribution in [0.25, 0.3) is 0 Å². The zero-order chi connectivity index (χ0) is 20.8. The molecule has 0 aromatic rings. The van der Waals surface area contributed by atoms with E-state index >= 15 is 0 Å². The zero-order valence-electron chi connectivity index (χ0n) is 17.4. The van der Waals surface area contributed by atoms with Crippen LogP contribution in [-0.4, -0.2) is 69.5 Å². The van der Waals surface area contributed by atoms with Crippen molar-refractivity contribution in [2.75, 3.05) is 13.7 Å². The van der Waals surface area contributed by atoms with Crippen molar-refractivity contribution in [3.63, 3.8) is 0 Å². The van der Waals surface area contributed by atoms with Crippen molar-refractivity contribution >= 4 is 29.5 Å². The molecule has 28 heavy (non-hydrogen) atoms. The van der Waals surface area contributed by atoms with Gasteiger partial charge in [-0.05, 0) is 32.6 Å². The molecule has 3 amide bonds. The summed E-state index contributed by atoms with van der Waals surface area (Å²) in [5.41, 5.74) is 0. The van der Waals surface area contributed by atoms with Gasteiger partial charge < -0.3 is 20.6 Å². The summed E-state index contributed by atoms with van der Waals surface area (Å²) in [7, 11) is 1.60. The maximum atomic E-state index is 13.7. The maximum Gasteiger partial charge on any atom is 0.244 e. The van der Waals surface area contributed by atoms with Crippen LogP contribution in [0.2, 0.25) is 0 Å². The Morgan fingerprint density at radius 3 is 2.54 bits per heavy atom. The lowest BCUT2D eigenvalue weighted by molar-refractivity contribution is -0.144. The molecule has 8 heteroatoms. The van der Waals surface area contributed by atoms with Crippen LogP contribution in [0.1, 0.15) is 47.0 Å². The molecule has 3 fully saturated rings. The van der Waals surface area contributed by atoms with E-state index in [2.05, 4.69) is 10.6 Å². The minimum atomic E-state index is -0.650. The van der Waals surface area contributed by atoms with E-state index < -0.39 is 28.7 Å². The molecule has 7 atom stereocenters. The highest BCUT2D eigenvalue weighted by atomic mass is 32.2. The molecule has 3 aliphatic rings. The third-order valence-electron chi connectivity index (χ3n) is 6.81. The third kappa shape index (κ3) is 3.03. The first-order chi connectivity index (χ1) is 13.2. The van der Waals surface area contributed by atoms with Crippen molar-refractivity contribution in [2.24, 2.45) is 17.8 Å². The van der Waals surface area contributed by atoms with Crippen molar-refractivity contribution in [3.05, 3.63) is 0 Å². The molecule has 3 heterocycles. The van der Waals surface area contributed by atoms with Gasteiger partial charge in [0.1, 0.15) is 6.04 Å². The van der Waals surface area contributed by atoms with Crippen LogP contribution in [-0.2, 0) is 14.4 Å². The summed E-state index contributed by atoms with van der Waals surface area (Å²) in [5.74, 6) is -1.29. The molecule has 2 bridgehead atoms. The predicted molar refractivity (Wildman–Crippen MR) is 109 cm³/mol. The van der Waals surface area contributed by atoms with Crippen molar-refractivity contribution in [2.45, 2.75) is 75.1 Å². The van der Waals surface area contributed by atoms with E-state index in [9.17, 15) is 19.5 Å². The first kappa shape index (κ1) is 21.4. The zero-order valence-corrected chi connectivity index (χ0v) is 18.2. The number of carbonyl (C=O) groups is 3. The van der Waals surface area contributed by atoms with E-state index in [1.165, 1.54) is 0 Å². The highest BCUT2D eigenvalue weighted by molar-refractivity contribution is 8.02. The monoisotopic (exact) mass is 411 g/mol. The molecule has 0 aliphatic carbocycles. The minimum absolute atomic E-state index is 0.0468. The molecule has 158 valence electrons. The number of thioether (sulfide) groups is 1. The van der Waals surface area contributed by atoms with Gasteiger partial charge in [0.2, 0.25) is 17.7 Å². The van der Waals surface area contributed by atoms with Gasteiger partial charge >= 0.3 is 0 Å². The van der Waals surface area contributed by atoms with Crippen molar-refractivity contribution < 1.29 is 19.5 Å². The van der Waals surface area contributed by atoms with Crippen LogP contribution in [0.5, 0.6) is 0 Å². The Bertz CT molecular complexity index is 657. The quantitative estimate of drug-likeness (QED) is 0.574. The molecule has 2 unspecified atom stereocenters. The van der Waals surface area contributed by atoms with Gasteiger partial charge in [0.15, 0.2) is 0 Å². The number of nitrogens with zero attached hydrogens (tertiary/aromatic N) is 1. The lowest BCUT2D eigenvalue weighted by Gasteiger charge is -2.39. The van der Waals surface area contributed by atoms with E-state index in [4.69, 9.17) is 0 Å². The Balaban J connectivity index is 2.08. The lowest BCUT2D eigenvalue weighted by Crippen LogP contribution is -2.58. The van der Waals surface area contributed by atoms with Gasteiger partial charge in [-0.2, -0.15) is 0 Å². The first-order valence-corrected chi connectivity index (χ1v) is 11.2. The Labute approximate surface area is 171 Å². The van der Waals surface area contributed by atoms with Crippen LogP contribution >= 0.6 is 11.8 Å². The van der Waals surface area contributed by atoms with Gasteiger partial charge in [-0.15, -0.1) is 11.8 Å². The number of likely N-dealkylation sites (tertiary alicyclic amines) is 1. The van der Waals surface area contributed by atoms with E-state index in [1.54, 1.807) is 23.7 Å². The summed E-state index contributed by atoms with van der Waals surface area (Å²) in [6.07, 6.45) is 2.37. The molecule has 0 aromatic heterocycles. The van der Waals surface area contributed by atoms with Gasteiger partial charge in [0.05, 0.1) is 29.2 Å². The Hall–Kier alpha value is -1.28. The number of fused-ring (bicyclic) bond motifs is 1. The summed E-state index contributed by atoms with van der Waals surface area (Å²) < 4.78 is -0.585. The average Bonchev–Trinajstić information content (AvgIpc) is 3.29. The fourth-order valence-corrected chi connectivity index (χ4v) is 7.60. The van der Waals surface area contributed by atoms with Crippen molar-refractivity contribution in [3.8, 4) is 0 Å². The molecule has 0 saturated carbocycles. The van der Waals surface area contributed by atoms with Gasteiger partial charge in [0, 0.05) is 18.3 Å². The highest BCUT2D eigenvalue weighted by Crippen LogP contribution is 2.66.